The lowest BCUT2D eigenvalue weighted by Gasteiger charge is -2.20. The third kappa shape index (κ3) is 6.62. The Bertz CT molecular complexity index is 838. The van der Waals surface area contributed by atoms with Gasteiger partial charge in [-0.15, -0.1) is 0 Å². The molecule has 0 bridgehead atoms. The van der Waals surface area contributed by atoms with Crippen LogP contribution in [0.15, 0.2) is 48.5 Å². The molecular weight excluding hydrogens is 388 g/mol. The molecule has 2 N–H and O–H groups in total. The molecule has 1 fully saturated rings. The van der Waals surface area contributed by atoms with Gasteiger partial charge in [0.1, 0.15) is 5.75 Å². The van der Waals surface area contributed by atoms with Gasteiger partial charge in [0.15, 0.2) is 0 Å². The summed E-state index contributed by atoms with van der Waals surface area (Å²) in [6.07, 6.45) is 1.07. The summed E-state index contributed by atoms with van der Waals surface area (Å²) in [6, 6.07) is 16.4. The van der Waals surface area contributed by atoms with Gasteiger partial charge in [0.2, 0.25) is 0 Å². The molecule has 2 aromatic carbocycles. The van der Waals surface area contributed by atoms with E-state index in [1.165, 1.54) is 16.8 Å². The number of hydrogen-bond acceptors (Lipinski definition) is 4. The molecule has 6 nitrogen and oxygen atoms in total. The van der Waals surface area contributed by atoms with Crippen molar-refractivity contribution in [1.82, 2.24) is 15.5 Å². The number of carbonyl (C=O) groups is 1. The molecule has 0 saturated carbocycles. The maximum absolute atomic E-state index is 12.4. The van der Waals surface area contributed by atoms with Crippen LogP contribution in [0.2, 0.25) is 0 Å². The van der Waals surface area contributed by atoms with Crippen LogP contribution in [-0.4, -0.2) is 50.8 Å². The quantitative estimate of drug-likeness (QED) is 0.608. The summed E-state index contributed by atoms with van der Waals surface area (Å²) in [6.45, 7) is 10.5. The number of rotatable bonds is 10. The molecule has 2 aromatic rings. The second-order valence-electron chi connectivity index (χ2n) is 8.10. The lowest BCUT2D eigenvalue weighted by Crippen LogP contribution is -2.38. The number of hydrogen-bond donors (Lipinski definition) is 2. The van der Waals surface area contributed by atoms with Crippen molar-refractivity contribution >= 4 is 11.7 Å². The second kappa shape index (κ2) is 11.6. The van der Waals surface area contributed by atoms with Crippen LogP contribution in [0.4, 0.5) is 10.5 Å². The summed E-state index contributed by atoms with van der Waals surface area (Å²) in [5.41, 5.74) is 3.63. The molecule has 1 saturated heterocycles. The van der Waals surface area contributed by atoms with Crippen molar-refractivity contribution in [3.8, 4) is 5.75 Å². The van der Waals surface area contributed by atoms with E-state index in [0.29, 0.717) is 19.0 Å². The van der Waals surface area contributed by atoms with Crippen LogP contribution in [0.1, 0.15) is 31.4 Å². The Morgan fingerprint density at radius 2 is 1.87 bits per heavy atom. The lowest BCUT2D eigenvalue weighted by atomic mass is 10.1. The van der Waals surface area contributed by atoms with Gasteiger partial charge in [-0.3, -0.25) is 4.90 Å². The monoisotopic (exact) mass is 424 g/mol. The molecule has 0 aromatic heterocycles. The molecule has 1 aliphatic rings. The molecule has 1 aliphatic heterocycles. The second-order valence-corrected chi connectivity index (χ2v) is 8.10. The van der Waals surface area contributed by atoms with Crippen molar-refractivity contribution in [1.29, 1.82) is 0 Å². The number of benzene rings is 2. The summed E-state index contributed by atoms with van der Waals surface area (Å²) in [5.74, 6) is 1.33. The van der Waals surface area contributed by atoms with E-state index in [1.807, 2.05) is 18.2 Å². The fourth-order valence-electron chi connectivity index (χ4n) is 4.09. The number of amides is 2. The topological polar surface area (TPSA) is 56.8 Å². The molecule has 6 heteroatoms. The normalized spacial score (nSPS) is 15.9. The van der Waals surface area contributed by atoms with E-state index in [9.17, 15) is 4.79 Å². The lowest BCUT2D eigenvalue weighted by molar-refractivity contribution is 0.238. The predicted octanol–water partition coefficient (Wildman–Crippen LogP) is 3.86. The Balaban J connectivity index is 1.44. The number of nitrogens with zero attached hydrogens (tertiary/aromatic N) is 2. The van der Waals surface area contributed by atoms with Crippen LogP contribution < -0.4 is 20.3 Å². The van der Waals surface area contributed by atoms with E-state index in [4.69, 9.17) is 4.74 Å². The molecule has 31 heavy (non-hydrogen) atoms. The third-order valence-electron chi connectivity index (χ3n) is 6.10. The van der Waals surface area contributed by atoms with Crippen molar-refractivity contribution < 1.29 is 9.53 Å². The summed E-state index contributed by atoms with van der Waals surface area (Å²) in [4.78, 5) is 17.1. The number of carbonyl (C=O) groups excluding carboxylic acids is 1. The molecule has 0 radical (unpaired) electrons. The molecule has 2 amide bonds. The zero-order chi connectivity index (χ0) is 22.1. The minimum atomic E-state index is -0.0996. The van der Waals surface area contributed by atoms with Gasteiger partial charge >= 0.3 is 6.03 Å². The van der Waals surface area contributed by atoms with E-state index in [0.717, 1.165) is 44.9 Å². The van der Waals surface area contributed by atoms with Crippen molar-refractivity contribution in [3.63, 3.8) is 0 Å². The molecule has 1 atom stereocenters. The number of anilines is 1. The van der Waals surface area contributed by atoms with E-state index in [-0.39, 0.29) is 6.03 Å². The molecule has 0 aliphatic carbocycles. The number of methoxy groups -OCH3 is 1. The summed E-state index contributed by atoms with van der Waals surface area (Å²) < 4.78 is 5.33. The molecule has 1 heterocycles. The first kappa shape index (κ1) is 22.9. The van der Waals surface area contributed by atoms with Gasteiger partial charge in [-0.1, -0.05) is 44.2 Å². The average Bonchev–Trinajstić information content (AvgIpc) is 3.29. The number of ether oxygens (including phenoxy) is 1. The first-order valence-electron chi connectivity index (χ1n) is 11.3. The highest BCUT2D eigenvalue weighted by atomic mass is 16.5. The molecule has 168 valence electrons. The molecular formula is C25H36N4O2. The Morgan fingerprint density at radius 3 is 2.61 bits per heavy atom. The van der Waals surface area contributed by atoms with Crippen LogP contribution in [0, 0.1) is 5.92 Å². The minimum absolute atomic E-state index is 0.0996. The Labute approximate surface area is 186 Å². The summed E-state index contributed by atoms with van der Waals surface area (Å²) in [5, 5.41) is 6.09. The zero-order valence-corrected chi connectivity index (χ0v) is 19.1. The fraction of sp³-hybridized carbons (Fsp3) is 0.480. The van der Waals surface area contributed by atoms with Crippen LogP contribution >= 0.6 is 0 Å². The fourth-order valence-corrected chi connectivity index (χ4v) is 4.09. The van der Waals surface area contributed by atoms with Gasteiger partial charge in [-0.05, 0) is 48.7 Å². The van der Waals surface area contributed by atoms with Gasteiger partial charge in [0.25, 0.3) is 0 Å². The van der Waals surface area contributed by atoms with E-state index in [1.54, 1.807) is 7.11 Å². The maximum Gasteiger partial charge on any atom is 0.315 e. The van der Waals surface area contributed by atoms with Crippen LogP contribution in [-0.2, 0) is 13.1 Å². The van der Waals surface area contributed by atoms with E-state index >= 15 is 0 Å². The number of nitrogens with one attached hydrogen (secondary N) is 2. The zero-order valence-electron chi connectivity index (χ0n) is 19.1. The summed E-state index contributed by atoms with van der Waals surface area (Å²) >= 11 is 0. The highest BCUT2D eigenvalue weighted by Crippen LogP contribution is 2.26. The van der Waals surface area contributed by atoms with Crippen molar-refractivity contribution in [2.75, 3.05) is 44.7 Å². The van der Waals surface area contributed by atoms with Gasteiger partial charge in [0.05, 0.1) is 7.11 Å². The highest BCUT2D eigenvalue weighted by Gasteiger charge is 2.23. The van der Waals surface area contributed by atoms with Crippen LogP contribution in [0.3, 0.4) is 0 Å². The smallest absolute Gasteiger partial charge is 0.315 e. The SMILES string of the molecule is CCN(CC)Cc1ccccc1CNC(=O)NCC1CCN(c2cccc(OC)c2)C1. The summed E-state index contributed by atoms with van der Waals surface area (Å²) in [7, 11) is 1.69. The minimum Gasteiger partial charge on any atom is -0.497 e. The van der Waals surface area contributed by atoms with Crippen LogP contribution in [0.5, 0.6) is 5.75 Å². The molecule has 1 unspecified atom stereocenters. The van der Waals surface area contributed by atoms with Gasteiger partial charge in [0, 0.05) is 44.5 Å². The average molecular weight is 425 g/mol. The highest BCUT2D eigenvalue weighted by molar-refractivity contribution is 5.73. The predicted molar refractivity (Wildman–Crippen MR) is 127 cm³/mol. The Kier molecular flexibility index (Phi) is 8.59. The van der Waals surface area contributed by atoms with Crippen molar-refractivity contribution in [3.05, 3.63) is 59.7 Å². The largest absolute Gasteiger partial charge is 0.497 e. The van der Waals surface area contributed by atoms with Gasteiger partial charge < -0.3 is 20.3 Å². The molecule has 0 spiro atoms. The molecule has 3 rings (SSSR count). The van der Waals surface area contributed by atoms with Crippen molar-refractivity contribution in [2.24, 2.45) is 5.92 Å². The first-order chi connectivity index (χ1) is 15.1. The van der Waals surface area contributed by atoms with Gasteiger partial charge in [-0.25, -0.2) is 4.79 Å². The van der Waals surface area contributed by atoms with Gasteiger partial charge in [-0.2, -0.15) is 0 Å². The van der Waals surface area contributed by atoms with E-state index in [2.05, 4.69) is 64.6 Å². The van der Waals surface area contributed by atoms with E-state index < -0.39 is 0 Å². The van der Waals surface area contributed by atoms with Crippen LogP contribution in [0.25, 0.3) is 0 Å². The third-order valence-corrected chi connectivity index (χ3v) is 6.10. The Hall–Kier alpha value is -2.73. The first-order valence-corrected chi connectivity index (χ1v) is 11.3. The Morgan fingerprint density at radius 1 is 1.10 bits per heavy atom. The maximum atomic E-state index is 12.4. The van der Waals surface area contributed by atoms with Crippen molar-refractivity contribution in [2.45, 2.75) is 33.4 Å². The number of urea groups is 1. The standard InChI is InChI=1S/C25H36N4O2/c1-4-28(5-2)19-22-10-7-6-9-21(22)17-27-25(30)26-16-20-13-14-29(18-20)23-11-8-12-24(15-23)31-3/h6-12,15,20H,4-5,13-14,16-19H2,1-3H3,(H2,26,27,30).